The van der Waals surface area contributed by atoms with Crippen LogP contribution in [-0.2, 0) is 9.19 Å². The quantitative estimate of drug-likeness (QED) is 0.462. The van der Waals surface area contributed by atoms with Crippen LogP contribution in [0.5, 0.6) is 0 Å². The summed E-state index contributed by atoms with van der Waals surface area (Å²) in [6.07, 6.45) is 6.50. The fourth-order valence-electron chi connectivity index (χ4n) is 1.15. The van der Waals surface area contributed by atoms with Gasteiger partial charge in [0.2, 0.25) is 0 Å². The largest absolute Gasteiger partial charge is 0.351 e. The molecule has 0 aliphatic rings. The first-order chi connectivity index (χ1) is 8.05. The fraction of sp³-hybridized carbons (Fsp3) is 0.556. The Balaban J connectivity index is 2.34. The first-order valence-corrected chi connectivity index (χ1v) is 7.10. The molecule has 96 valence electrons. The van der Waals surface area contributed by atoms with Crippen molar-refractivity contribution in [2.45, 2.75) is 26.2 Å². The maximum atomic E-state index is 11.5. The van der Waals surface area contributed by atoms with Crippen molar-refractivity contribution in [1.29, 1.82) is 0 Å². The molecule has 0 saturated carbocycles. The lowest BCUT2D eigenvalue weighted by molar-refractivity contribution is 0.162. The predicted octanol–water partition coefficient (Wildman–Crippen LogP) is 1.75. The molecular weight excluding hydrogens is 245 g/mol. The fourth-order valence-corrected chi connectivity index (χ4v) is 2.08. The molecule has 1 atom stereocenters. The lowest BCUT2D eigenvalue weighted by atomic mass is 10.3. The minimum absolute atomic E-state index is 0.0328. The lowest BCUT2D eigenvalue weighted by Gasteiger charge is -2.11. The highest BCUT2D eigenvalue weighted by molar-refractivity contribution is 7.52. The number of nitrogens with zero attached hydrogens (tertiary/aromatic N) is 2. The summed E-state index contributed by atoms with van der Waals surface area (Å²) < 4.78 is 17.1. The van der Waals surface area contributed by atoms with Crippen molar-refractivity contribution >= 4 is 13.6 Å². The standard InChI is InChI=1S/C9H16N3O4P/c1-2-3-4-7-17(14,15)16-11-9(13)12-6-5-10-8-12/h5-6,8H,2-4,7H2,1H3,(H,11,13)(H,14,15). The Labute approximate surface area is 99.3 Å². The van der Waals surface area contributed by atoms with Gasteiger partial charge in [-0.25, -0.2) is 15.3 Å². The first-order valence-electron chi connectivity index (χ1n) is 5.34. The monoisotopic (exact) mass is 261 g/mol. The van der Waals surface area contributed by atoms with Gasteiger partial charge in [0, 0.05) is 12.4 Å². The Kier molecular flexibility index (Phi) is 5.34. The Morgan fingerprint density at radius 2 is 2.35 bits per heavy atom. The van der Waals surface area contributed by atoms with Gasteiger partial charge in [0.1, 0.15) is 6.33 Å². The molecule has 1 amide bonds. The molecule has 0 saturated heterocycles. The van der Waals surface area contributed by atoms with Gasteiger partial charge in [-0.2, -0.15) is 4.62 Å². The summed E-state index contributed by atoms with van der Waals surface area (Å²) in [4.78, 5) is 24.4. The van der Waals surface area contributed by atoms with Crippen molar-refractivity contribution in [1.82, 2.24) is 15.0 Å². The number of hydroxylamine groups is 1. The second kappa shape index (κ2) is 6.54. The molecule has 8 heteroatoms. The number of imidazole rings is 1. The number of hydrogen-bond acceptors (Lipinski definition) is 4. The smallest absolute Gasteiger partial charge is 0.323 e. The van der Waals surface area contributed by atoms with Crippen molar-refractivity contribution in [3.05, 3.63) is 18.7 Å². The van der Waals surface area contributed by atoms with E-state index in [0.29, 0.717) is 6.42 Å². The molecule has 2 N–H and O–H groups in total. The number of carbonyl (C=O) groups is 1. The Bertz CT molecular complexity index is 393. The highest BCUT2D eigenvalue weighted by atomic mass is 31.2. The van der Waals surface area contributed by atoms with E-state index in [4.69, 9.17) is 0 Å². The van der Waals surface area contributed by atoms with Crippen molar-refractivity contribution in [3.8, 4) is 0 Å². The van der Waals surface area contributed by atoms with Crippen LogP contribution in [-0.4, -0.2) is 26.6 Å². The zero-order valence-electron chi connectivity index (χ0n) is 9.57. The highest BCUT2D eigenvalue weighted by Gasteiger charge is 2.20. The number of rotatable bonds is 6. The molecule has 0 radical (unpaired) electrons. The summed E-state index contributed by atoms with van der Waals surface area (Å²) >= 11 is 0. The molecule has 1 unspecified atom stereocenters. The van der Waals surface area contributed by atoms with E-state index < -0.39 is 13.6 Å². The predicted molar refractivity (Wildman–Crippen MR) is 61.5 cm³/mol. The summed E-state index contributed by atoms with van der Waals surface area (Å²) in [6.45, 7) is 1.99. The van der Waals surface area contributed by atoms with Crippen LogP contribution in [0.25, 0.3) is 0 Å². The summed E-state index contributed by atoms with van der Waals surface area (Å²) in [6, 6.07) is -0.660. The van der Waals surface area contributed by atoms with Crippen LogP contribution in [0.1, 0.15) is 26.2 Å². The topological polar surface area (TPSA) is 93.5 Å². The molecule has 0 fully saturated rings. The molecule has 0 aliphatic heterocycles. The summed E-state index contributed by atoms with van der Waals surface area (Å²) in [5.41, 5.74) is 1.92. The molecule has 17 heavy (non-hydrogen) atoms. The molecule has 0 aromatic carbocycles. The minimum atomic E-state index is -3.74. The van der Waals surface area contributed by atoms with Crippen molar-refractivity contribution in [3.63, 3.8) is 0 Å². The van der Waals surface area contributed by atoms with Crippen LogP contribution < -0.4 is 5.48 Å². The lowest BCUT2D eigenvalue weighted by Crippen LogP contribution is -2.27. The Morgan fingerprint density at radius 3 is 2.94 bits per heavy atom. The van der Waals surface area contributed by atoms with Gasteiger partial charge < -0.3 is 4.89 Å². The average molecular weight is 261 g/mol. The molecule has 1 aromatic rings. The highest BCUT2D eigenvalue weighted by Crippen LogP contribution is 2.41. The zero-order chi connectivity index (χ0) is 12.7. The van der Waals surface area contributed by atoms with Crippen LogP contribution in [0.3, 0.4) is 0 Å². The van der Waals surface area contributed by atoms with Gasteiger partial charge in [-0.1, -0.05) is 19.8 Å². The molecule has 0 bridgehead atoms. The van der Waals surface area contributed by atoms with Gasteiger partial charge in [0.05, 0.1) is 6.16 Å². The third-order valence-corrected chi connectivity index (χ3v) is 3.32. The average Bonchev–Trinajstić information content (AvgIpc) is 2.80. The Morgan fingerprint density at radius 1 is 1.59 bits per heavy atom. The molecule has 0 spiro atoms. The second-order valence-corrected chi connectivity index (χ2v) is 5.44. The van der Waals surface area contributed by atoms with Crippen LogP contribution in [0, 0.1) is 0 Å². The van der Waals surface area contributed by atoms with E-state index in [0.717, 1.165) is 17.4 Å². The van der Waals surface area contributed by atoms with Gasteiger partial charge in [-0.3, -0.25) is 9.13 Å². The first kappa shape index (κ1) is 13.9. The van der Waals surface area contributed by atoms with E-state index >= 15 is 0 Å². The molecular formula is C9H16N3O4P. The summed E-state index contributed by atoms with van der Waals surface area (Å²) in [7, 11) is -3.74. The summed E-state index contributed by atoms with van der Waals surface area (Å²) in [5.74, 6) is 0. The van der Waals surface area contributed by atoms with Gasteiger partial charge in [0.25, 0.3) is 0 Å². The van der Waals surface area contributed by atoms with E-state index in [-0.39, 0.29) is 6.16 Å². The molecule has 1 aromatic heterocycles. The van der Waals surface area contributed by atoms with Crippen LogP contribution >= 0.6 is 7.60 Å². The number of carbonyl (C=O) groups excluding carboxylic acids is 1. The number of amides is 1. The van der Waals surface area contributed by atoms with Crippen LogP contribution in [0.2, 0.25) is 0 Å². The van der Waals surface area contributed by atoms with Gasteiger partial charge in [0.15, 0.2) is 0 Å². The Hall–Kier alpha value is -1.17. The number of unbranched alkanes of at least 4 members (excludes halogenated alkanes) is 2. The van der Waals surface area contributed by atoms with E-state index in [1.165, 1.54) is 18.7 Å². The zero-order valence-corrected chi connectivity index (χ0v) is 10.5. The molecule has 7 nitrogen and oxygen atoms in total. The SMILES string of the molecule is CCCCCP(=O)(O)ONC(=O)n1ccnc1. The third kappa shape index (κ3) is 5.12. The van der Waals surface area contributed by atoms with Gasteiger partial charge >= 0.3 is 13.6 Å². The molecule has 1 rings (SSSR count). The van der Waals surface area contributed by atoms with E-state index in [1.54, 1.807) is 0 Å². The number of nitrogens with one attached hydrogen (secondary N) is 1. The van der Waals surface area contributed by atoms with Crippen LogP contribution in [0.4, 0.5) is 4.79 Å². The van der Waals surface area contributed by atoms with Gasteiger partial charge in [-0.05, 0) is 6.42 Å². The molecule has 0 aliphatic carbocycles. The normalized spacial score (nSPS) is 14.2. The van der Waals surface area contributed by atoms with Crippen LogP contribution in [0.15, 0.2) is 18.7 Å². The second-order valence-electron chi connectivity index (χ2n) is 3.54. The maximum absolute atomic E-state index is 11.5. The van der Waals surface area contributed by atoms with Crippen molar-refractivity contribution in [2.24, 2.45) is 0 Å². The van der Waals surface area contributed by atoms with Gasteiger partial charge in [-0.15, -0.1) is 0 Å². The third-order valence-electron chi connectivity index (χ3n) is 2.06. The van der Waals surface area contributed by atoms with E-state index in [2.05, 4.69) is 9.61 Å². The number of aromatic nitrogens is 2. The van der Waals surface area contributed by atoms with E-state index in [1.807, 2.05) is 12.4 Å². The molecule has 1 heterocycles. The van der Waals surface area contributed by atoms with Crippen molar-refractivity contribution < 1.29 is 18.9 Å². The maximum Gasteiger partial charge on any atom is 0.351 e. The van der Waals surface area contributed by atoms with E-state index in [9.17, 15) is 14.3 Å². The summed E-state index contributed by atoms with van der Waals surface area (Å²) in [5, 5.41) is 0. The number of hydrogen-bond donors (Lipinski definition) is 2. The van der Waals surface area contributed by atoms with Crippen molar-refractivity contribution in [2.75, 3.05) is 6.16 Å². The minimum Gasteiger partial charge on any atom is -0.323 e.